The first-order valence-electron chi connectivity index (χ1n) is 8.95. The molecule has 2 aliphatic rings. The van der Waals surface area contributed by atoms with Gasteiger partial charge in [0.2, 0.25) is 0 Å². The molecule has 0 aromatic carbocycles. The van der Waals surface area contributed by atoms with Crippen molar-refractivity contribution in [1.29, 1.82) is 0 Å². The molecule has 23 heavy (non-hydrogen) atoms. The lowest BCUT2D eigenvalue weighted by Gasteiger charge is -2.57. The van der Waals surface area contributed by atoms with Gasteiger partial charge in [0, 0.05) is 35.6 Å². The van der Waals surface area contributed by atoms with Gasteiger partial charge in [0.15, 0.2) is 0 Å². The molecular formula is C19H32N2O2. The molecule has 1 spiro atoms. The summed E-state index contributed by atoms with van der Waals surface area (Å²) in [6, 6.07) is 3.09. The fourth-order valence-electron chi connectivity index (χ4n) is 5.51. The van der Waals surface area contributed by atoms with E-state index in [1.54, 1.807) is 0 Å². The van der Waals surface area contributed by atoms with E-state index in [0.29, 0.717) is 17.4 Å². The molecule has 0 bridgehead atoms. The minimum absolute atomic E-state index is 0.176. The van der Waals surface area contributed by atoms with Gasteiger partial charge in [-0.1, -0.05) is 13.8 Å². The molecule has 1 aliphatic heterocycles. The van der Waals surface area contributed by atoms with Crippen LogP contribution in [0, 0.1) is 25.2 Å². The summed E-state index contributed by atoms with van der Waals surface area (Å²) in [6.07, 6.45) is 1.75. The molecule has 0 amide bonds. The molecule has 1 aliphatic carbocycles. The van der Waals surface area contributed by atoms with E-state index in [0.717, 1.165) is 30.9 Å². The largest absolute Gasteiger partial charge is 0.466 e. The van der Waals surface area contributed by atoms with E-state index >= 15 is 0 Å². The number of aliphatic hydroxyl groups is 1. The molecule has 0 radical (unpaired) electrons. The quantitative estimate of drug-likeness (QED) is 0.895. The van der Waals surface area contributed by atoms with Crippen LogP contribution in [0.15, 0.2) is 10.5 Å². The van der Waals surface area contributed by atoms with Crippen LogP contribution in [0.4, 0.5) is 0 Å². The van der Waals surface area contributed by atoms with Gasteiger partial charge in [0.25, 0.3) is 0 Å². The third kappa shape index (κ3) is 2.86. The number of likely N-dealkylation sites (tertiary alicyclic amines) is 1. The lowest BCUT2D eigenvalue weighted by Crippen LogP contribution is -2.64. The van der Waals surface area contributed by atoms with Crippen LogP contribution in [0.25, 0.3) is 0 Å². The van der Waals surface area contributed by atoms with Crippen LogP contribution < -0.4 is 5.32 Å². The lowest BCUT2D eigenvalue weighted by atomic mass is 9.66. The maximum absolute atomic E-state index is 10.6. The second kappa shape index (κ2) is 5.91. The molecule has 3 unspecified atom stereocenters. The molecule has 1 aromatic rings. The summed E-state index contributed by atoms with van der Waals surface area (Å²) in [5.74, 6) is 2.57. The topological polar surface area (TPSA) is 48.6 Å². The molecule has 1 aromatic heterocycles. The van der Waals surface area contributed by atoms with E-state index in [1.807, 2.05) is 13.8 Å². The monoisotopic (exact) mass is 320 g/mol. The third-order valence-corrected chi connectivity index (χ3v) is 6.01. The van der Waals surface area contributed by atoms with Gasteiger partial charge in [-0.2, -0.15) is 0 Å². The average Bonchev–Trinajstić information content (AvgIpc) is 2.90. The van der Waals surface area contributed by atoms with Gasteiger partial charge in [-0.15, -0.1) is 0 Å². The van der Waals surface area contributed by atoms with Gasteiger partial charge in [0.05, 0.1) is 6.10 Å². The predicted octanol–water partition coefficient (Wildman–Crippen LogP) is 3.03. The van der Waals surface area contributed by atoms with Crippen LogP contribution >= 0.6 is 0 Å². The average molecular weight is 320 g/mol. The Bertz CT molecular complexity index is 563. The zero-order valence-corrected chi connectivity index (χ0v) is 15.4. The number of aryl methyl sites for hydroxylation is 2. The van der Waals surface area contributed by atoms with E-state index in [4.69, 9.17) is 4.42 Å². The Labute approximate surface area is 140 Å². The third-order valence-electron chi connectivity index (χ3n) is 6.01. The molecule has 2 N–H and O–H groups in total. The van der Waals surface area contributed by atoms with Crippen LogP contribution in [0.2, 0.25) is 0 Å². The fourth-order valence-corrected chi connectivity index (χ4v) is 5.51. The summed E-state index contributed by atoms with van der Waals surface area (Å²) in [5, 5.41) is 14.3. The summed E-state index contributed by atoms with van der Waals surface area (Å²) in [5.41, 5.74) is 1.50. The molecule has 4 nitrogen and oxygen atoms in total. The van der Waals surface area contributed by atoms with Crippen molar-refractivity contribution in [3.63, 3.8) is 0 Å². The molecule has 2 fully saturated rings. The van der Waals surface area contributed by atoms with Gasteiger partial charge in [-0.3, -0.25) is 0 Å². The van der Waals surface area contributed by atoms with Crippen LogP contribution in [-0.2, 0) is 0 Å². The van der Waals surface area contributed by atoms with Crippen molar-refractivity contribution in [2.75, 3.05) is 13.6 Å². The number of nitrogens with one attached hydrogen (secondary N) is 1. The molecule has 3 rings (SSSR count). The predicted molar refractivity (Wildman–Crippen MR) is 92.5 cm³/mol. The summed E-state index contributed by atoms with van der Waals surface area (Å²) < 4.78 is 5.65. The van der Waals surface area contributed by atoms with Crippen LogP contribution in [0.1, 0.15) is 56.7 Å². The maximum atomic E-state index is 10.6. The Hall–Kier alpha value is -0.840. The Morgan fingerprint density at radius 1 is 1.30 bits per heavy atom. The second-order valence-electron chi connectivity index (χ2n) is 8.31. The molecule has 2 heterocycles. The van der Waals surface area contributed by atoms with Gasteiger partial charge in [-0.05, 0) is 52.6 Å². The van der Waals surface area contributed by atoms with Crippen molar-refractivity contribution in [3.05, 3.63) is 23.2 Å². The first-order chi connectivity index (χ1) is 10.7. The number of hydrogen-bond donors (Lipinski definition) is 2. The van der Waals surface area contributed by atoms with Crippen molar-refractivity contribution in [1.82, 2.24) is 10.2 Å². The Balaban J connectivity index is 1.69. The number of rotatable bonds is 4. The summed E-state index contributed by atoms with van der Waals surface area (Å²) in [7, 11) is 2.21. The molecule has 130 valence electrons. The van der Waals surface area contributed by atoms with Crippen molar-refractivity contribution >= 4 is 0 Å². The van der Waals surface area contributed by atoms with E-state index in [1.165, 1.54) is 5.56 Å². The highest BCUT2D eigenvalue weighted by Gasteiger charge is 2.58. The minimum atomic E-state index is -0.249. The van der Waals surface area contributed by atoms with Crippen molar-refractivity contribution < 1.29 is 9.52 Å². The second-order valence-corrected chi connectivity index (χ2v) is 8.31. The summed E-state index contributed by atoms with van der Waals surface area (Å²) >= 11 is 0. The molecule has 1 saturated carbocycles. The lowest BCUT2D eigenvalue weighted by molar-refractivity contribution is -0.0828. The molecular weight excluding hydrogens is 288 g/mol. The number of hydrogen-bond acceptors (Lipinski definition) is 4. The van der Waals surface area contributed by atoms with Gasteiger partial charge < -0.3 is 19.7 Å². The fraction of sp³-hybridized carbons (Fsp3) is 0.789. The highest BCUT2D eigenvalue weighted by molar-refractivity contribution is 5.24. The Kier molecular flexibility index (Phi) is 4.36. The van der Waals surface area contributed by atoms with Crippen molar-refractivity contribution in [2.24, 2.45) is 11.3 Å². The first-order valence-corrected chi connectivity index (χ1v) is 8.95. The van der Waals surface area contributed by atoms with Gasteiger partial charge in [-0.25, -0.2) is 0 Å². The van der Waals surface area contributed by atoms with E-state index in [2.05, 4.69) is 44.1 Å². The molecule has 1 saturated heterocycles. The summed E-state index contributed by atoms with van der Waals surface area (Å²) in [6.45, 7) is 11.9. The Morgan fingerprint density at radius 2 is 2.00 bits per heavy atom. The zero-order chi connectivity index (χ0) is 16.9. The van der Waals surface area contributed by atoms with Gasteiger partial charge in [0.1, 0.15) is 11.5 Å². The smallest absolute Gasteiger partial charge is 0.105 e. The van der Waals surface area contributed by atoms with Crippen LogP contribution in [-0.4, -0.2) is 41.8 Å². The molecule has 4 heteroatoms. The standard InChI is InChI=1S/C19H32N2O2/c1-11(2)18-19(10-21(18)6)8-16(17(22)9-19)20-13(4)15-7-12(3)23-14(15)5/h7,11,13,16-18,20,22H,8-10H2,1-6H3/t13?,16-,17-,18?,19?/m1/s1. The molecule has 5 atom stereocenters. The maximum Gasteiger partial charge on any atom is 0.105 e. The minimum Gasteiger partial charge on any atom is -0.466 e. The zero-order valence-electron chi connectivity index (χ0n) is 15.4. The van der Waals surface area contributed by atoms with Crippen LogP contribution in [0.3, 0.4) is 0 Å². The number of nitrogens with zero attached hydrogens (tertiary/aromatic N) is 1. The van der Waals surface area contributed by atoms with Crippen molar-refractivity contribution in [2.45, 2.75) is 71.7 Å². The van der Waals surface area contributed by atoms with Crippen LogP contribution in [0.5, 0.6) is 0 Å². The highest BCUT2D eigenvalue weighted by atomic mass is 16.3. The number of furan rings is 1. The SMILES string of the molecule is Cc1cc(C(C)N[C@@H]2CC3(C[C@H]2O)CN(C)C3C(C)C)c(C)o1. The van der Waals surface area contributed by atoms with E-state index in [-0.39, 0.29) is 18.2 Å². The van der Waals surface area contributed by atoms with Crippen molar-refractivity contribution in [3.8, 4) is 0 Å². The Morgan fingerprint density at radius 3 is 2.52 bits per heavy atom. The van der Waals surface area contributed by atoms with Gasteiger partial charge >= 0.3 is 0 Å². The number of aliphatic hydroxyl groups excluding tert-OH is 1. The summed E-state index contributed by atoms with van der Waals surface area (Å²) in [4.78, 5) is 2.45. The highest BCUT2D eigenvalue weighted by Crippen LogP contribution is 2.52. The normalized spacial score (nSPS) is 35.9. The first kappa shape index (κ1) is 17.0. The van der Waals surface area contributed by atoms with E-state index < -0.39 is 0 Å². The van der Waals surface area contributed by atoms with E-state index in [9.17, 15) is 5.11 Å².